The Balaban J connectivity index is 0.000000490. The molecule has 0 aliphatic carbocycles. The number of ether oxygens (including phenoxy) is 1. The molecule has 1 aliphatic heterocycles. The molecular weight excluding hydrogens is 176 g/mol. The van der Waals surface area contributed by atoms with Crippen molar-refractivity contribution in [2.45, 2.75) is 6.42 Å². The normalized spacial score (nSPS) is 16.9. The maximum Gasteiger partial charge on any atom is 1.00 e. The molecule has 8 heavy (non-hydrogen) atoms. The van der Waals surface area contributed by atoms with Gasteiger partial charge in [-0.1, -0.05) is 6.54 Å². The summed E-state index contributed by atoms with van der Waals surface area (Å²) in [6.45, 7) is 0.836. The molecule has 0 fully saturated rings. The van der Waals surface area contributed by atoms with E-state index < -0.39 is 0 Å². The Morgan fingerprint density at radius 1 is 1.75 bits per heavy atom. The SMILES string of the molecule is COC1=NC[CH-]C1.[Rb+]. The maximum atomic E-state index is 4.83. The molecule has 1 aliphatic rings. The van der Waals surface area contributed by atoms with Gasteiger partial charge in [0.15, 0.2) is 0 Å². The summed E-state index contributed by atoms with van der Waals surface area (Å²) in [5, 5.41) is 0. The van der Waals surface area contributed by atoms with Crippen LogP contribution in [0.5, 0.6) is 0 Å². The summed E-state index contributed by atoms with van der Waals surface area (Å²) in [6.07, 6.45) is 3.00. The number of nitrogens with zero attached hydrogens (tertiary/aromatic N) is 1. The van der Waals surface area contributed by atoms with Crippen molar-refractivity contribution in [1.82, 2.24) is 0 Å². The second-order valence-corrected chi connectivity index (χ2v) is 1.43. The van der Waals surface area contributed by atoms with Gasteiger partial charge < -0.3 is 4.74 Å². The number of hydrogen-bond acceptors (Lipinski definition) is 2. The van der Waals surface area contributed by atoms with Gasteiger partial charge in [-0.3, -0.25) is 11.4 Å². The van der Waals surface area contributed by atoms with Crippen molar-refractivity contribution < 1.29 is 62.9 Å². The first-order chi connectivity index (χ1) is 3.43. The molecule has 0 aromatic heterocycles. The van der Waals surface area contributed by atoms with Crippen molar-refractivity contribution in [2.75, 3.05) is 13.7 Å². The summed E-state index contributed by atoms with van der Waals surface area (Å²) in [5.74, 6) is 0.861. The van der Waals surface area contributed by atoms with Gasteiger partial charge in [0.2, 0.25) is 0 Å². The summed E-state index contributed by atoms with van der Waals surface area (Å²) in [6, 6.07) is 0. The largest absolute Gasteiger partial charge is 1.00 e. The van der Waals surface area contributed by atoms with Crippen LogP contribution < -0.4 is 58.2 Å². The van der Waals surface area contributed by atoms with Crippen molar-refractivity contribution >= 4 is 5.90 Å². The zero-order valence-electron chi connectivity index (χ0n) is 5.35. The predicted molar refractivity (Wildman–Crippen MR) is 28.2 cm³/mol. The van der Waals surface area contributed by atoms with Crippen molar-refractivity contribution in [3.63, 3.8) is 0 Å². The molecule has 1 heterocycles. The molecule has 0 saturated carbocycles. The molecule has 0 radical (unpaired) electrons. The number of aliphatic imine (C=N–C) groups is 1. The summed E-state index contributed by atoms with van der Waals surface area (Å²) in [4.78, 5) is 3.99. The minimum Gasteiger partial charge on any atom is -0.487 e. The topological polar surface area (TPSA) is 21.6 Å². The molecule has 2 nitrogen and oxygen atoms in total. The van der Waals surface area contributed by atoms with Crippen LogP contribution in [-0.2, 0) is 4.74 Å². The predicted octanol–water partition coefficient (Wildman–Crippen LogP) is -2.36. The molecule has 0 aromatic rings. The van der Waals surface area contributed by atoms with Crippen LogP contribution in [0.25, 0.3) is 0 Å². The van der Waals surface area contributed by atoms with E-state index >= 15 is 0 Å². The molecule has 0 aromatic carbocycles. The first kappa shape index (κ1) is 9.28. The van der Waals surface area contributed by atoms with Crippen molar-refractivity contribution in [1.29, 1.82) is 0 Å². The molecule has 0 unspecified atom stereocenters. The first-order valence-corrected chi connectivity index (χ1v) is 2.32. The first-order valence-electron chi connectivity index (χ1n) is 2.32. The minimum absolute atomic E-state index is 0. The van der Waals surface area contributed by atoms with Gasteiger partial charge in [-0.2, -0.15) is 0 Å². The maximum absolute atomic E-state index is 4.83. The Hall–Kier alpha value is 1.28. The van der Waals surface area contributed by atoms with Crippen LogP contribution in [0.15, 0.2) is 4.99 Å². The Kier molecular flexibility index (Phi) is 5.90. The van der Waals surface area contributed by atoms with Crippen LogP contribution in [0.3, 0.4) is 0 Å². The fourth-order valence-corrected chi connectivity index (χ4v) is 0.567. The molecular formula is C5H8NORb. The zero-order chi connectivity index (χ0) is 5.11. The van der Waals surface area contributed by atoms with E-state index in [0.29, 0.717) is 0 Å². The molecule has 0 bridgehead atoms. The van der Waals surface area contributed by atoms with Crippen LogP contribution in [0.4, 0.5) is 0 Å². The zero-order valence-corrected chi connectivity index (χ0v) is 10.3. The van der Waals surface area contributed by atoms with E-state index in [-0.39, 0.29) is 58.2 Å². The van der Waals surface area contributed by atoms with Gasteiger partial charge in [-0.05, 0) is 0 Å². The Labute approximate surface area is 98.5 Å². The quantitative estimate of drug-likeness (QED) is 0.385. The second kappa shape index (κ2) is 5.09. The van der Waals surface area contributed by atoms with E-state index in [4.69, 9.17) is 4.74 Å². The monoisotopic (exact) mass is 183 g/mol. The van der Waals surface area contributed by atoms with E-state index in [1.807, 2.05) is 0 Å². The molecule has 0 N–H and O–H groups in total. The third-order valence-electron chi connectivity index (χ3n) is 0.951. The fourth-order valence-electron chi connectivity index (χ4n) is 0.567. The number of hydrogen-bond donors (Lipinski definition) is 0. The van der Waals surface area contributed by atoms with E-state index in [0.717, 1.165) is 18.9 Å². The van der Waals surface area contributed by atoms with Crippen molar-refractivity contribution in [3.8, 4) is 0 Å². The molecule has 40 valence electrons. The standard InChI is InChI=1S/C5H8NO.Rb/c1-7-5-3-2-4-6-5;/h2H,3-4H2,1H3;/q-1;+1. The van der Waals surface area contributed by atoms with Crippen LogP contribution in [0.2, 0.25) is 0 Å². The Morgan fingerprint density at radius 3 is 2.75 bits per heavy atom. The van der Waals surface area contributed by atoms with Crippen LogP contribution in [0.1, 0.15) is 6.42 Å². The summed E-state index contributed by atoms with van der Waals surface area (Å²) in [7, 11) is 1.65. The molecule has 0 atom stereocenters. The van der Waals surface area contributed by atoms with E-state index in [2.05, 4.69) is 11.4 Å². The molecule has 0 saturated heterocycles. The van der Waals surface area contributed by atoms with E-state index in [1.165, 1.54) is 0 Å². The fraction of sp³-hybridized carbons (Fsp3) is 0.600. The minimum atomic E-state index is 0. The van der Waals surface area contributed by atoms with E-state index in [9.17, 15) is 0 Å². The Bertz CT molecular complexity index is 92.4. The summed E-state index contributed by atoms with van der Waals surface area (Å²) >= 11 is 0. The number of rotatable bonds is 0. The van der Waals surface area contributed by atoms with Gasteiger partial charge in [-0.15, -0.1) is 6.42 Å². The average molecular weight is 184 g/mol. The van der Waals surface area contributed by atoms with Crippen molar-refractivity contribution in [3.05, 3.63) is 6.42 Å². The average Bonchev–Trinajstić information content (AvgIpc) is 2.14. The van der Waals surface area contributed by atoms with Gasteiger partial charge in [-0.25, -0.2) is 0 Å². The van der Waals surface area contributed by atoms with Crippen molar-refractivity contribution in [2.24, 2.45) is 4.99 Å². The molecule has 0 amide bonds. The van der Waals surface area contributed by atoms with Gasteiger partial charge in [0.1, 0.15) is 5.90 Å². The number of methoxy groups -OCH3 is 1. The van der Waals surface area contributed by atoms with Gasteiger partial charge in [0, 0.05) is 0 Å². The Morgan fingerprint density at radius 2 is 2.50 bits per heavy atom. The third kappa shape index (κ3) is 2.71. The van der Waals surface area contributed by atoms with Gasteiger partial charge in [0.25, 0.3) is 0 Å². The van der Waals surface area contributed by atoms with Crippen LogP contribution in [-0.4, -0.2) is 19.6 Å². The van der Waals surface area contributed by atoms with Crippen LogP contribution in [0, 0.1) is 6.42 Å². The molecule has 3 heteroatoms. The summed E-state index contributed by atoms with van der Waals surface area (Å²) < 4.78 is 4.83. The smallest absolute Gasteiger partial charge is 0.487 e. The third-order valence-corrected chi connectivity index (χ3v) is 0.951. The van der Waals surface area contributed by atoms with Crippen LogP contribution >= 0.6 is 0 Å². The van der Waals surface area contributed by atoms with Gasteiger partial charge >= 0.3 is 58.2 Å². The second-order valence-electron chi connectivity index (χ2n) is 1.43. The van der Waals surface area contributed by atoms with Gasteiger partial charge in [0.05, 0.1) is 7.11 Å². The summed E-state index contributed by atoms with van der Waals surface area (Å²) in [5.41, 5.74) is 0. The molecule has 1 rings (SSSR count). The molecule has 0 spiro atoms. The van der Waals surface area contributed by atoms with E-state index in [1.54, 1.807) is 7.11 Å².